The highest BCUT2D eigenvalue weighted by atomic mass is 32.2. The normalized spacial score (nSPS) is 12.6. The first-order valence-corrected chi connectivity index (χ1v) is 11.1. The zero-order valence-corrected chi connectivity index (χ0v) is 18.7. The van der Waals surface area contributed by atoms with Gasteiger partial charge in [0.15, 0.2) is 6.61 Å². The Kier molecular flexibility index (Phi) is 7.94. The number of benzene rings is 1. The Balaban J connectivity index is 2.12. The summed E-state index contributed by atoms with van der Waals surface area (Å²) in [7, 11) is -2.08. The summed E-state index contributed by atoms with van der Waals surface area (Å²) in [5, 5.41) is 0. The van der Waals surface area contributed by atoms with Crippen LogP contribution in [-0.4, -0.2) is 51.6 Å². The predicted octanol–water partition coefficient (Wildman–Crippen LogP) is 2.65. The van der Waals surface area contributed by atoms with Gasteiger partial charge in [0.1, 0.15) is 0 Å². The van der Waals surface area contributed by atoms with Gasteiger partial charge in [0.2, 0.25) is 15.8 Å². The summed E-state index contributed by atoms with van der Waals surface area (Å²) in [6, 6.07) is 7.32. The molecule has 0 radical (unpaired) electrons. The van der Waals surface area contributed by atoms with Gasteiger partial charge in [0.25, 0.3) is 0 Å². The van der Waals surface area contributed by atoms with Crippen molar-refractivity contribution in [3.8, 4) is 0 Å². The molecular weight excluding hydrogens is 408 g/mol. The van der Waals surface area contributed by atoms with E-state index in [1.807, 2.05) is 25.3 Å². The fourth-order valence-electron chi connectivity index (χ4n) is 3.41. The van der Waals surface area contributed by atoms with Crippen LogP contribution in [0.3, 0.4) is 0 Å². The van der Waals surface area contributed by atoms with Gasteiger partial charge in [-0.25, -0.2) is 17.9 Å². The number of methoxy groups -OCH3 is 1. The highest BCUT2D eigenvalue weighted by Gasteiger charge is 2.21. The van der Waals surface area contributed by atoms with E-state index < -0.39 is 22.6 Å². The van der Waals surface area contributed by atoms with Gasteiger partial charge in [0, 0.05) is 30.6 Å². The van der Waals surface area contributed by atoms with Crippen LogP contribution >= 0.6 is 0 Å². The van der Waals surface area contributed by atoms with E-state index in [0.29, 0.717) is 12.2 Å². The van der Waals surface area contributed by atoms with Gasteiger partial charge < -0.3 is 14.0 Å². The van der Waals surface area contributed by atoms with Gasteiger partial charge in [-0.3, -0.25) is 4.79 Å². The van der Waals surface area contributed by atoms with Crippen LogP contribution < -0.4 is 4.72 Å². The monoisotopic (exact) mass is 436 g/mol. The summed E-state index contributed by atoms with van der Waals surface area (Å²) in [6.45, 7) is 7.69. The molecule has 0 amide bonds. The van der Waals surface area contributed by atoms with E-state index in [2.05, 4.69) is 4.72 Å². The molecule has 0 aliphatic rings. The molecule has 0 saturated heterocycles. The lowest BCUT2D eigenvalue weighted by molar-refractivity contribution is 0.0474. The number of hydrogen-bond acceptors (Lipinski definition) is 6. The second-order valence-electron chi connectivity index (χ2n) is 6.99. The smallest absolute Gasteiger partial charge is 0.338 e. The highest BCUT2D eigenvalue weighted by molar-refractivity contribution is 7.89. The molecule has 0 fully saturated rings. The van der Waals surface area contributed by atoms with E-state index >= 15 is 0 Å². The predicted molar refractivity (Wildman–Crippen MR) is 112 cm³/mol. The molecule has 164 valence electrons. The van der Waals surface area contributed by atoms with Crippen molar-refractivity contribution < 1.29 is 27.5 Å². The Morgan fingerprint density at radius 1 is 1.20 bits per heavy atom. The number of rotatable bonds is 10. The lowest BCUT2D eigenvalue weighted by atomic mass is 10.1. The number of nitrogens with zero attached hydrogens (tertiary/aromatic N) is 1. The van der Waals surface area contributed by atoms with Crippen molar-refractivity contribution in [3.05, 3.63) is 52.8 Å². The van der Waals surface area contributed by atoms with Crippen LogP contribution in [0, 0.1) is 13.8 Å². The summed E-state index contributed by atoms with van der Waals surface area (Å²) >= 11 is 0. The minimum Gasteiger partial charge on any atom is -0.454 e. The molecule has 9 heteroatoms. The summed E-state index contributed by atoms with van der Waals surface area (Å²) in [5.41, 5.74) is 2.22. The van der Waals surface area contributed by atoms with Crippen molar-refractivity contribution in [2.24, 2.45) is 0 Å². The first-order chi connectivity index (χ1) is 14.1. The lowest BCUT2D eigenvalue weighted by Gasteiger charge is -2.17. The third-order valence-electron chi connectivity index (χ3n) is 4.68. The maximum absolute atomic E-state index is 12.6. The molecule has 8 nitrogen and oxygen atoms in total. The van der Waals surface area contributed by atoms with Crippen molar-refractivity contribution in [2.45, 2.75) is 38.6 Å². The number of aryl methyl sites for hydroxylation is 1. The van der Waals surface area contributed by atoms with E-state index in [9.17, 15) is 18.0 Å². The maximum atomic E-state index is 12.6. The second kappa shape index (κ2) is 10.0. The van der Waals surface area contributed by atoms with Crippen molar-refractivity contribution in [3.63, 3.8) is 0 Å². The van der Waals surface area contributed by atoms with Gasteiger partial charge in [-0.2, -0.15) is 0 Å². The number of hydrogen-bond donors (Lipinski definition) is 1. The molecule has 1 atom stereocenters. The van der Waals surface area contributed by atoms with E-state index in [1.165, 1.54) is 24.3 Å². The number of esters is 1. The van der Waals surface area contributed by atoms with Crippen LogP contribution in [0.1, 0.15) is 52.0 Å². The molecule has 1 unspecified atom stereocenters. The Labute approximate surface area is 177 Å². The molecule has 0 aliphatic carbocycles. The molecule has 0 aliphatic heterocycles. The summed E-state index contributed by atoms with van der Waals surface area (Å²) in [6.07, 6.45) is 0. The molecule has 1 aromatic heterocycles. The van der Waals surface area contributed by atoms with Crippen LogP contribution in [-0.2, 0) is 19.5 Å². The molecule has 1 aromatic carbocycles. The van der Waals surface area contributed by atoms with E-state index in [4.69, 9.17) is 9.47 Å². The number of nitrogens with one attached hydrogen (secondary N) is 1. The molecule has 0 bridgehead atoms. The van der Waals surface area contributed by atoms with Crippen LogP contribution in [0.15, 0.2) is 35.2 Å². The number of Topliss-reactive ketones (excluding diaryl/α,β-unsaturated/α-hetero) is 1. The van der Waals surface area contributed by atoms with Gasteiger partial charge in [-0.1, -0.05) is 13.0 Å². The highest BCUT2D eigenvalue weighted by Crippen LogP contribution is 2.21. The fraction of sp³-hybridized carbons (Fsp3) is 0.429. The van der Waals surface area contributed by atoms with Gasteiger partial charge >= 0.3 is 5.97 Å². The number of sulfonamides is 1. The van der Waals surface area contributed by atoms with E-state index in [0.717, 1.165) is 11.4 Å². The molecule has 2 rings (SSSR count). The number of carbonyl (C=O) groups is 2. The average Bonchev–Trinajstić information content (AvgIpc) is 3.00. The van der Waals surface area contributed by atoms with Gasteiger partial charge in [-0.05, 0) is 45.0 Å². The summed E-state index contributed by atoms with van der Waals surface area (Å²) in [5.74, 6) is -1.10. The Morgan fingerprint density at radius 3 is 2.53 bits per heavy atom. The topological polar surface area (TPSA) is 104 Å². The first-order valence-electron chi connectivity index (χ1n) is 9.59. The Morgan fingerprint density at radius 2 is 1.90 bits per heavy atom. The number of carbonyl (C=O) groups excluding carboxylic acids is 2. The van der Waals surface area contributed by atoms with Crippen molar-refractivity contribution in [1.29, 1.82) is 0 Å². The van der Waals surface area contributed by atoms with E-state index in [-0.39, 0.29) is 28.8 Å². The minimum atomic E-state index is -3.70. The third kappa shape index (κ3) is 5.35. The zero-order valence-electron chi connectivity index (χ0n) is 17.9. The van der Waals surface area contributed by atoms with Crippen LogP contribution in [0.4, 0.5) is 0 Å². The Bertz CT molecular complexity index is 1030. The van der Waals surface area contributed by atoms with Crippen LogP contribution in [0.5, 0.6) is 0 Å². The maximum Gasteiger partial charge on any atom is 0.338 e. The Hall–Kier alpha value is -2.49. The fourth-order valence-corrected chi connectivity index (χ4v) is 4.50. The molecule has 0 spiro atoms. The molecule has 0 saturated carbocycles. The first kappa shape index (κ1) is 23.8. The summed E-state index contributed by atoms with van der Waals surface area (Å²) in [4.78, 5) is 24.9. The molecular formula is C21H28N2O6S. The number of ether oxygens (including phenoxy) is 2. The molecule has 1 N–H and O–H groups in total. The van der Waals surface area contributed by atoms with E-state index in [1.54, 1.807) is 20.1 Å². The van der Waals surface area contributed by atoms with Crippen molar-refractivity contribution in [2.75, 3.05) is 26.9 Å². The van der Waals surface area contributed by atoms with Gasteiger partial charge in [-0.15, -0.1) is 0 Å². The van der Waals surface area contributed by atoms with Crippen molar-refractivity contribution in [1.82, 2.24) is 9.29 Å². The van der Waals surface area contributed by atoms with Crippen LogP contribution in [0.2, 0.25) is 0 Å². The third-order valence-corrected chi connectivity index (χ3v) is 6.23. The standard InChI is InChI=1S/C21H28N2O6S/c1-6-22-30(26,27)18-9-7-8-17(11-18)21(25)29-13-20(24)19-10-14(2)23(16(19)4)15(3)12-28-5/h7-11,15,22H,6,12-13H2,1-5H3. The molecule has 30 heavy (non-hydrogen) atoms. The molecule has 2 aromatic rings. The largest absolute Gasteiger partial charge is 0.454 e. The quantitative estimate of drug-likeness (QED) is 0.454. The molecule has 1 heterocycles. The average molecular weight is 437 g/mol. The van der Waals surface area contributed by atoms with Crippen molar-refractivity contribution >= 4 is 21.8 Å². The second-order valence-corrected chi connectivity index (χ2v) is 8.75. The van der Waals surface area contributed by atoms with Gasteiger partial charge in [0.05, 0.1) is 23.1 Å². The number of ketones is 1. The SMILES string of the molecule is CCNS(=O)(=O)c1cccc(C(=O)OCC(=O)c2cc(C)n(C(C)COC)c2C)c1. The number of aromatic nitrogens is 1. The lowest BCUT2D eigenvalue weighted by Crippen LogP contribution is -2.23. The summed E-state index contributed by atoms with van der Waals surface area (Å²) < 4.78 is 38.9. The van der Waals surface area contributed by atoms with Crippen LogP contribution in [0.25, 0.3) is 0 Å². The zero-order chi connectivity index (χ0) is 22.5. The minimum absolute atomic E-state index is 0.0409.